The van der Waals surface area contributed by atoms with E-state index in [1.165, 1.54) is 18.2 Å². The number of carbonyl (C=O) groups is 1. The molecule has 0 bridgehead atoms. The van der Waals surface area contributed by atoms with Crippen molar-refractivity contribution in [1.82, 2.24) is 0 Å². The van der Waals surface area contributed by atoms with Gasteiger partial charge in [-0.05, 0) is 29.7 Å². The molecule has 0 unspecified atom stereocenters. The molecule has 3 aromatic carbocycles. The Balaban J connectivity index is 1.86. The number of amides is 1. The molecule has 0 saturated heterocycles. The Morgan fingerprint density at radius 2 is 1.70 bits per heavy atom. The lowest BCUT2D eigenvalue weighted by atomic mass is 10.1. The van der Waals surface area contributed by atoms with Gasteiger partial charge in [-0.15, -0.1) is 0 Å². The van der Waals surface area contributed by atoms with Gasteiger partial charge in [0.15, 0.2) is 0 Å². The van der Waals surface area contributed by atoms with Crippen LogP contribution in [0.3, 0.4) is 0 Å². The van der Waals surface area contributed by atoms with Crippen molar-refractivity contribution in [3.05, 3.63) is 72.3 Å². The van der Waals surface area contributed by atoms with Gasteiger partial charge >= 0.3 is 6.61 Å². The lowest BCUT2D eigenvalue weighted by molar-refractivity contribution is -0.0498. The van der Waals surface area contributed by atoms with E-state index in [9.17, 15) is 13.6 Å². The number of ether oxygens (including phenoxy) is 1. The van der Waals surface area contributed by atoms with E-state index < -0.39 is 6.61 Å². The van der Waals surface area contributed by atoms with Crippen LogP contribution in [0.1, 0.15) is 10.4 Å². The fraction of sp³-hybridized carbons (Fsp3) is 0.0556. The SMILES string of the molecule is O=C(Nc1cccc2ccccc12)c1cccc(OC(F)F)c1. The number of nitrogens with one attached hydrogen (secondary N) is 1. The summed E-state index contributed by atoms with van der Waals surface area (Å²) < 4.78 is 28.8. The molecule has 3 rings (SSSR count). The largest absolute Gasteiger partial charge is 0.435 e. The third-order valence-electron chi connectivity index (χ3n) is 3.36. The lowest BCUT2D eigenvalue weighted by Crippen LogP contribution is -2.12. The highest BCUT2D eigenvalue weighted by molar-refractivity contribution is 6.09. The van der Waals surface area contributed by atoms with Gasteiger partial charge in [0.1, 0.15) is 5.75 Å². The van der Waals surface area contributed by atoms with Gasteiger partial charge in [-0.2, -0.15) is 8.78 Å². The molecule has 0 atom stereocenters. The Morgan fingerprint density at radius 3 is 2.52 bits per heavy atom. The molecule has 0 aliphatic carbocycles. The summed E-state index contributed by atoms with van der Waals surface area (Å²) in [5.74, 6) is -0.438. The normalized spacial score (nSPS) is 10.7. The number of carbonyl (C=O) groups excluding carboxylic acids is 1. The highest BCUT2D eigenvalue weighted by Crippen LogP contribution is 2.24. The molecule has 0 fully saturated rings. The predicted octanol–water partition coefficient (Wildman–Crippen LogP) is 4.69. The van der Waals surface area contributed by atoms with E-state index in [1.54, 1.807) is 12.1 Å². The number of anilines is 1. The maximum Gasteiger partial charge on any atom is 0.387 e. The molecule has 0 radical (unpaired) electrons. The van der Waals surface area contributed by atoms with Gasteiger partial charge in [0, 0.05) is 16.6 Å². The van der Waals surface area contributed by atoms with Crippen LogP contribution in [0, 0.1) is 0 Å². The summed E-state index contributed by atoms with van der Waals surface area (Å²) in [6, 6.07) is 18.9. The van der Waals surface area contributed by atoms with Gasteiger partial charge in [-0.3, -0.25) is 4.79 Å². The van der Waals surface area contributed by atoms with Crippen LogP contribution in [0.4, 0.5) is 14.5 Å². The van der Waals surface area contributed by atoms with Crippen LogP contribution in [-0.2, 0) is 0 Å². The quantitative estimate of drug-likeness (QED) is 0.758. The minimum absolute atomic E-state index is 0.0504. The summed E-state index contributed by atoms with van der Waals surface area (Å²) in [6.07, 6.45) is 0. The van der Waals surface area contributed by atoms with Crippen molar-refractivity contribution >= 4 is 22.4 Å². The van der Waals surface area contributed by atoms with Crippen LogP contribution < -0.4 is 10.1 Å². The second-order valence-electron chi connectivity index (χ2n) is 4.89. The Labute approximate surface area is 131 Å². The van der Waals surface area contributed by atoms with Crippen LogP contribution in [0.25, 0.3) is 10.8 Å². The Hall–Kier alpha value is -2.95. The van der Waals surface area contributed by atoms with Gasteiger partial charge in [0.2, 0.25) is 0 Å². The summed E-state index contributed by atoms with van der Waals surface area (Å²) >= 11 is 0. The van der Waals surface area contributed by atoms with Crippen molar-refractivity contribution < 1.29 is 18.3 Å². The minimum Gasteiger partial charge on any atom is -0.435 e. The number of rotatable bonds is 4. The molecule has 116 valence electrons. The summed E-state index contributed by atoms with van der Waals surface area (Å²) in [6.45, 7) is -2.92. The van der Waals surface area contributed by atoms with E-state index in [4.69, 9.17) is 0 Å². The third-order valence-corrected chi connectivity index (χ3v) is 3.36. The topological polar surface area (TPSA) is 38.3 Å². The monoisotopic (exact) mass is 313 g/mol. The molecule has 0 spiro atoms. The highest BCUT2D eigenvalue weighted by Gasteiger charge is 2.11. The Kier molecular flexibility index (Phi) is 4.19. The van der Waals surface area contributed by atoms with Crippen LogP contribution in [-0.4, -0.2) is 12.5 Å². The second kappa shape index (κ2) is 6.44. The van der Waals surface area contributed by atoms with E-state index in [1.807, 2.05) is 36.4 Å². The number of alkyl halides is 2. The predicted molar refractivity (Wildman–Crippen MR) is 85.0 cm³/mol. The van der Waals surface area contributed by atoms with E-state index in [2.05, 4.69) is 10.1 Å². The first-order chi connectivity index (χ1) is 11.1. The van der Waals surface area contributed by atoms with Crippen molar-refractivity contribution in [3.8, 4) is 5.75 Å². The zero-order chi connectivity index (χ0) is 16.2. The number of halogens is 2. The standard InChI is InChI=1S/C18H13F2NO2/c19-18(20)23-14-8-3-7-13(11-14)17(22)21-16-10-4-6-12-5-1-2-9-15(12)16/h1-11,18H,(H,21,22). The smallest absolute Gasteiger partial charge is 0.387 e. The van der Waals surface area contributed by atoms with Gasteiger partial charge in [0.25, 0.3) is 5.91 Å². The van der Waals surface area contributed by atoms with Crippen LogP contribution in [0.5, 0.6) is 5.75 Å². The zero-order valence-electron chi connectivity index (χ0n) is 12.0. The Morgan fingerprint density at radius 1 is 0.957 bits per heavy atom. The second-order valence-corrected chi connectivity index (χ2v) is 4.89. The molecular weight excluding hydrogens is 300 g/mol. The lowest BCUT2D eigenvalue weighted by Gasteiger charge is -2.10. The molecule has 5 heteroatoms. The Bertz CT molecular complexity index is 844. The maximum absolute atomic E-state index is 12.3. The van der Waals surface area contributed by atoms with E-state index >= 15 is 0 Å². The van der Waals surface area contributed by atoms with Gasteiger partial charge in [-0.25, -0.2) is 0 Å². The fourth-order valence-electron chi connectivity index (χ4n) is 2.34. The molecule has 3 nitrogen and oxygen atoms in total. The zero-order valence-corrected chi connectivity index (χ0v) is 12.0. The van der Waals surface area contributed by atoms with Gasteiger partial charge < -0.3 is 10.1 Å². The molecule has 0 aliphatic heterocycles. The average Bonchev–Trinajstić information content (AvgIpc) is 2.55. The summed E-state index contributed by atoms with van der Waals surface area (Å²) in [5, 5.41) is 4.71. The van der Waals surface area contributed by atoms with Gasteiger partial charge in [0.05, 0.1) is 0 Å². The molecule has 0 saturated carbocycles. The van der Waals surface area contributed by atoms with Crippen LogP contribution in [0.2, 0.25) is 0 Å². The summed E-state index contributed by atoms with van der Waals surface area (Å²) in [4.78, 5) is 12.3. The first-order valence-corrected chi connectivity index (χ1v) is 6.97. The van der Waals surface area contributed by atoms with E-state index in [0.717, 1.165) is 10.8 Å². The van der Waals surface area contributed by atoms with Crippen LogP contribution >= 0.6 is 0 Å². The van der Waals surface area contributed by atoms with Crippen molar-refractivity contribution in [2.75, 3.05) is 5.32 Å². The van der Waals surface area contributed by atoms with Crippen molar-refractivity contribution in [2.45, 2.75) is 6.61 Å². The number of benzene rings is 3. The van der Waals surface area contributed by atoms with E-state index in [-0.39, 0.29) is 17.2 Å². The molecule has 0 aliphatic rings. The minimum atomic E-state index is -2.92. The molecule has 0 heterocycles. The maximum atomic E-state index is 12.3. The molecular formula is C18H13F2NO2. The molecule has 1 amide bonds. The fourth-order valence-corrected chi connectivity index (χ4v) is 2.34. The van der Waals surface area contributed by atoms with Crippen molar-refractivity contribution in [3.63, 3.8) is 0 Å². The van der Waals surface area contributed by atoms with E-state index in [0.29, 0.717) is 5.69 Å². The molecule has 3 aromatic rings. The summed E-state index contributed by atoms with van der Waals surface area (Å²) in [5.41, 5.74) is 0.907. The third kappa shape index (κ3) is 3.45. The number of fused-ring (bicyclic) bond motifs is 1. The average molecular weight is 313 g/mol. The first-order valence-electron chi connectivity index (χ1n) is 6.97. The number of hydrogen-bond donors (Lipinski definition) is 1. The molecule has 23 heavy (non-hydrogen) atoms. The highest BCUT2D eigenvalue weighted by atomic mass is 19.3. The first kappa shape index (κ1) is 15.0. The number of hydrogen-bond acceptors (Lipinski definition) is 2. The molecule has 0 aromatic heterocycles. The van der Waals surface area contributed by atoms with Crippen molar-refractivity contribution in [1.29, 1.82) is 0 Å². The van der Waals surface area contributed by atoms with Gasteiger partial charge in [-0.1, -0.05) is 42.5 Å². The summed E-state index contributed by atoms with van der Waals surface area (Å²) in [7, 11) is 0. The van der Waals surface area contributed by atoms with Crippen LogP contribution in [0.15, 0.2) is 66.7 Å². The van der Waals surface area contributed by atoms with Crippen molar-refractivity contribution in [2.24, 2.45) is 0 Å². The molecule has 1 N–H and O–H groups in total.